The fourth-order valence-electron chi connectivity index (χ4n) is 4.59. The first-order valence-corrected chi connectivity index (χ1v) is 15.4. The lowest BCUT2D eigenvalue weighted by molar-refractivity contribution is 0.0976. The van der Waals surface area contributed by atoms with Gasteiger partial charge in [-0.25, -0.2) is 17.5 Å². The molecule has 1 saturated carbocycles. The average molecular weight is 602 g/mol. The molecule has 0 radical (unpaired) electrons. The van der Waals surface area contributed by atoms with E-state index in [-0.39, 0.29) is 11.0 Å². The molecule has 224 valence electrons. The predicted molar refractivity (Wildman–Crippen MR) is 150 cm³/mol. The van der Waals surface area contributed by atoms with Gasteiger partial charge in [-0.05, 0) is 87.2 Å². The number of nitrogens with zero attached hydrogens (tertiary/aromatic N) is 2. The van der Waals surface area contributed by atoms with E-state index in [9.17, 15) is 22.0 Å². The zero-order valence-corrected chi connectivity index (χ0v) is 24.2. The van der Waals surface area contributed by atoms with Gasteiger partial charge in [0.15, 0.2) is 11.6 Å². The van der Waals surface area contributed by atoms with E-state index in [1.807, 2.05) is 7.05 Å². The molecule has 1 N–H and O–H groups in total. The third-order valence-corrected chi connectivity index (χ3v) is 8.56. The fourth-order valence-corrected chi connectivity index (χ4v) is 5.55. The Labute approximate surface area is 243 Å². The minimum Gasteiger partial charge on any atom is -0.492 e. The van der Waals surface area contributed by atoms with Crippen LogP contribution in [0.5, 0.6) is 17.2 Å². The van der Waals surface area contributed by atoms with Gasteiger partial charge in [0.2, 0.25) is 5.82 Å². The standard InChI is InChI=1S/C30H33F2N3O6S/c1-3-26(25-12-8-21(16-33-25)39-18-19-4-5-19)41-27-13-11-24(28(31)29(27)32)30(36)34-42(37,38)23-9-6-20(7-10-23)40-22-14-15-35(2)17-22/h6-13,16,19,22,26H,3-5,14-15,17-18H2,1-2H3,(H,34,36)/t22-,26-/m1/s1. The smallest absolute Gasteiger partial charge is 0.268 e. The molecule has 0 bridgehead atoms. The van der Waals surface area contributed by atoms with E-state index < -0.39 is 45.0 Å². The van der Waals surface area contributed by atoms with Crippen LogP contribution in [0.1, 0.15) is 54.8 Å². The summed E-state index contributed by atoms with van der Waals surface area (Å²) in [6.07, 6.45) is 4.45. The number of aromatic nitrogens is 1. The Hall–Kier alpha value is -3.77. The highest BCUT2D eigenvalue weighted by Crippen LogP contribution is 2.31. The molecule has 42 heavy (non-hydrogen) atoms. The van der Waals surface area contributed by atoms with Crippen LogP contribution in [0.25, 0.3) is 0 Å². The van der Waals surface area contributed by atoms with Gasteiger partial charge in [-0.1, -0.05) is 6.92 Å². The third kappa shape index (κ3) is 7.16. The maximum Gasteiger partial charge on any atom is 0.268 e. The van der Waals surface area contributed by atoms with Gasteiger partial charge < -0.3 is 19.1 Å². The second-order valence-electron chi connectivity index (χ2n) is 10.6. The number of benzene rings is 2. The Balaban J connectivity index is 1.22. The SMILES string of the molecule is CC[C@@H](Oc1ccc(C(=O)NS(=O)(=O)c2ccc(O[C@@H]3CCN(C)C3)cc2)c(F)c1F)c1ccc(OCC2CC2)cn1. The van der Waals surface area contributed by atoms with Crippen molar-refractivity contribution in [2.45, 2.75) is 49.7 Å². The molecule has 1 aromatic heterocycles. The van der Waals surface area contributed by atoms with Crippen LogP contribution in [0.2, 0.25) is 0 Å². The molecule has 5 rings (SSSR count). The number of sulfonamides is 1. The quantitative estimate of drug-likeness (QED) is 0.313. The number of ether oxygens (including phenoxy) is 3. The van der Waals surface area contributed by atoms with Gasteiger partial charge in [-0.15, -0.1) is 0 Å². The Morgan fingerprint density at radius 3 is 2.40 bits per heavy atom. The monoisotopic (exact) mass is 601 g/mol. The zero-order valence-electron chi connectivity index (χ0n) is 23.4. The van der Waals surface area contributed by atoms with Crippen LogP contribution in [-0.2, 0) is 10.0 Å². The largest absolute Gasteiger partial charge is 0.492 e. The number of likely N-dealkylation sites (N-methyl/N-ethyl adjacent to an activating group) is 1. The van der Waals surface area contributed by atoms with Crippen molar-refractivity contribution >= 4 is 15.9 Å². The van der Waals surface area contributed by atoms with Crippen molar-refractivity contribution in [3.63, 3.8) is 0 Å². The number of carbonyl (C=O) groups is 1. The minimum absolute atomic E-state index is 0.00241. The molecule has 2 aromatic carbocycles. The Morgan fingerprint density at radius 1 is 1.05 bits per heavy atom. The van der Waals surface area contributed by atoms with Crippen molar-refractivity contribution in [2.24, 2.45) is 5.92 Å². The molecule has 1 aliphatic heterocycles. The second kappa shape index (κ2) is 12.6. The third-order valence-electron chi connectivity index (χ3n) is 7.22. The van der Waals surface area contributed by atoms with Gasteiger partial charge in [0.05, 0.1) is 29.0 Å². The lowest BCUT2D eigenvalue weighted by atomic mass is 10.1. The van der Waals surface area contributed by atoms with Gasteiger partial charge in [-0.2, -0.15) is 4.39 Å². The van der Waals surface area contributed by atoms with E-state index >= 15 is 0 Å². The molecule has 0 unspecified atom stereocenters. The van der Waals surface area contributed by atoms with Crippen LogP contribution in [-0.4, -0.2) is 57.1 Å². The van der Waals surface area contributed by atoms with Crippen LogP contribution in [0, 0.1) is 17.6 Å². The summed E-state index contributed by atoms with van der Waals surface area (Å²) in [5.41, 5.74) is -0.284. The van der Waals surface area contributed by atoms with E-state index in [1.54, 1.807) is 30.0 Å². The first-order valence-electron chi connectivity index (χ1n) is 13.9. The van der Waals surface area contributed by atoms with Crippen molar-refractivity contribution in [3.8, 4) is 17.2 Å². The summed E-state index contributed by atoms with van der Waals surface area (Å²) in [4.78, 5) is 18.9. The highest BCUT2D eigenvalue weighted by atomic mass is 32.2. The molecule has 2 atom stereocenters. The highest BCUT2D eigenvalue weighted by Gasteiger charge is 2.27. The maximum atomic E-state index is 15.0. The molecule has 9 nitrogen and oxygen atoms in total. The Kier molecular flexibility index (Phi) is 8.93. The first-order chi connectivity index (χ1) is 20.1. The molecule has 1 amide bonds. The number of pyridine rings is 1. The summed E-state index contributed by atoms with van der Waals surface area (Å²) in [6.45, 7) is 4.12. The molecule has 12 heteroatoms. The van der Waals surface area contributed by atoms with Gasteiger partial charge in [0.1, 0.15) is 23.7 Å². The van der Waals surface area contributed by atoms with Gasteiger partial charge in [0.25, 0.3) is 15.9 Å². The van der Waals surface area contributed by atoms with Gasteiger partial charge in [-0.3, -0.25) is 9.78 Å². The number of rotatable bonds is 12. The van der Waals surface area contributed by atoms with Crippen molar-refractivity contribution in [3.05, 3.63) is 77.6 Å². The topological polar surface area (TPSA) is 107 Å². The van der Waals surface area contributed by atoms with Crippen LogP contribution < -0.4 is 18.9 Å². The number of amides is 1. The number of hydrogen-bond donors (Lipinski definition) is 1. The molecular weight excluding hydrogens is 568 g/mol. The van der Waals surface area contributed by atoms with E-state index in [1.165, 1.54) is 24.3 Å². The molecule has 2 aliphatic rings. The van der Waals surface area contributed by atoms with Crippen molar-refractivity contribution in [1.29, 1.82) is 0 Å². The summed E-state index contributed by atoms with van der Waals surface area (Å²) < 4.78 is 74.5. The Morgan fingerprint density at radius 2 is 1.79 bits per heavy atom. The first kappa shape index (κ1) is 29.7. The average Bonchev–Trinajstić information content (AvgIpc) is 3.72. The van der Waals surface area contributed by atoms with Crippen molar-refractivity contribution in [1.82, 2.24) is 14.6 Å². The maximum absolute atomic E-state index is 15.0. The summed E-state index contributed by atoms with van der Waals surface area (Å²) in [6, 6.07) is 11.0. The minimum atomic E-state index is -4.37. The normalized spacial score (nSPS) is 18.0. The summed E-state index contributed by atoms with van der Waals surface area (Å²) >= 11 is 0. The van der Waals surface area contributed by atoms with E-state index in [4.69, 9.17) is 14.2 Å². The summed E-state index contributed by atoms with van der Waals surface area (Å²) in [5, 5.41) is 0. The van der Waals surface area contributed by atoms with E-state index in [0.29, 0.717) is 36.1 Å². The van der Waals surface area contributed by atoms with E-state index in [2.05, 4.69) is 9.88 Å². The van der Waals surface area contributed by atoms with Crippen LogP contribution in [0.4, 0.5) is 8.78 Å². The number of likely N-dealkylation sites (tertiary alicyclic amines) is 1. The predicted octanol–water partition coefficient (Wildman–Crippen LogP) is 4.88. The molecule has 3 aromatic rings. The van der Waals surface area contributed by atoms with Crippen LogP contribution in [0.3, 0.4) is 0 Å². The lowest BCUT2D eigenvalue weighted by Crippen LogP contribution is -2.31. The lowest BCUT2D eigenvalue weighted by Gasteiger charge is -2.18. The number of halogens is 2. The number of nitrogens with one attached hydrogen (secondary N) is 1. The highest BCUT2D eigenvalue weighted by molar-refractivity contribution is 7.90. The van der Waals surface area contributed by atoms with Crippen molar-refractivity contribution in [2.75, 3.05) is 26.7 Å². The van der Waals surface area contributed by atoms with Gasteiger partial charge >= 0.3 is 0 Å². The second-order valence-corrected chi connectivity index (χ2v) is 12.3. The van der Waals surface area contributed by atoms with Crippen molar-refractivity contribution < 1.29 is 36.2 Å². The molecule has 1 aliphatic carbocycles. The zero-order chi connectivity index (χ0) is 29.9. The van der Waals surface area contributed by atoms with E-state index in [0.717, 1.165) is 44.5 Å². The molecule has 1 saturated heterocycles. The number of carbonyl (C=O) groups excluding carboxylic acids is 1. The van der Waals surface area contributed by atoms with Crippen LogP contribution in [0.15, 0.2) is 59.6 Å². The molecule has 0 spiro atoms. The van der Waals surface area contributed by atoms with Crippen LogP contribution >= 0.6 is 0 Å². The van der Waals surface area contributed by atoms with Gasteiger partial charge in [0, 0.05) is 13.1 Å². The molecular formula is C30H33F2N3O6S. The summed E-state index contributed by atoms with van der Waals surface area (Å²) in [7, 11) is -2.38. The molecule has 2 heterocycles. The Bertz CT molecular complexity index is 1520. The number of hydrogen-bond acceptors (Lipinski definition) is 8. The fraction of sp³-hybridized carbons (Fsp3) is 0.400. The molecule has 2 fully saturated rings. The summed E-state index contributed by atoms with van der Waals surface area (Å²) in [5.74, 6) is -3.00.